The second-order valence-corrected chi connectivity index (χ2v) is 16.8. The van der Waals surface area contributed by atoms with E-state index in [1.54, 1.807) is 0 Å². The molecule has 1 spiro atoms. The lowest BCUT2D eigenvalue weighted by Gasteiger charge is -2.39. The van der Waals surface area contributed by atoms with Gasteiger partial charge in [0.1, 0.15) is 11.5 Å². The Morgan fingerprint density at radius 1 is 0.270 bits per heavy atom. The zero-order chi connectivity index (χ0) is 41.5. The Balaban J connectivity index is 1.01. The molecule has 0 fully saturated rings. The van der Waals surface area contributed by atoms with Crippen LogP contribution >= 0.6 is 0 Å². The second kappa shape index (κ2) is 13.9. The number of anilines is 3. The molecule has 0 amide bonds. The van der Waals surface area contributed by atoms with Gasteiger partial charge in [-0.2, -0.15) is 0 Å². The van der Waals surface area contributed by atoms with Crippen molar-refractivity contribution < 1.29 is 4.74 Å². The lowest BCUT2D eigenvalue weighted by Crippen LogP contribution is -2.32. The Morgan fingerprint density at radius 3 is 1.44 bits per heavy atom. The fourth-order valence-electron chi connectivity index (χ4n) is 10.8. The molecule has 0 aromatic heterocycles. The molecule has 11 aromatic carbocycles. The molecule has 63 heavy (non-hydrogen) atoms. The first-order valence-electron chi connectivity index (χ1n) is 21.7. The zero-order valence-electron chi connectivity index (χ0n) is 34.4. The Bertz CT molecular complexity index is 3530. The second-order valence-electron chi connectivity index (χ2n) is 16.8. The summed E-state index contributed by atoms with van der Waals surface area (Å²) in [6, 6.07) is 86.5. The van der Waals surface area contributed by atoms with E-state index in [4.69, 9.17) is 4.74 Å². The highest BCUT2D eigenvalue weighted by Gasteiger charge is 2.51. The number of nitrogens with zero attached hydrogens (tertiary/aromatic N) is 1. The van der Waals surface area contributed by atoms with E-state index in [1.165, 1.54) is 82.4 Å². The average molecular weight is 802 g/mol. The fourth-order valence-corrected chi connectivity index (χ4v) is 10.8. The third kappa shape index (κ3) is 5.32. The van der Waals surface area contributed by atoms with Crippen LogP contribution < -0.4 is 9.64 Å². The molecular formula is C61H39NO. The van der Waals surface area contributed by atoms with Crippen molar-refractivity contribution in [2.75, 3.05) is 4.90 Å². The van der Waals surface area contributed by atoms with Crippen LogP contribution in [0.2, 0.25) is 0 Å². The van der Waals surface area contributed by atoms with Crippen molar-refractivity contribution in [2.24, 2.45) is 0 Å². The number of hydrogen-bond donors (Lipinski definition) is 0. The molecule has 2 nitrogen and oxygen atoms in total. The minimum absolute atomic E-state index is 0.532. The lowest BCUT2D eigenvalue weighted by atomic mass is 9.66. The van der Waals surface area contributed by atoms with Crippen molar-refractivity contribution in [3.63, 3.8) is 0 Å². The molecule has 0 radical (unpaired) electrons. The number of ether oxygens (including phenoxy) is 1. The van der Waals surface area contributed by atoms with Gasteiger partial charge in [-0.05, 0) is 131 Å². The monoisotopic (exact) mass is 801 g/mol. The maximum absolute atomic E-state index is 6.63. The predicted molar refractivity (Wildman–Crippen MR) is 262 cm³/mol. The van der Waals surface area contributed by atoms with Gasteiger partial charge in [-0.3, -0.25) is 0 Å². The molecule has 0 unspecified atom stereocenters. The van der Waals surface area contributed by atoms with Crippen molar-refractivity contribution in [1.82, 2.24) is 0 Å². The molecular weight excluding hydrogens is 763 g/mol. The molecule has 294 valence electrons. The van der Waals surface area contributed by atoms with E-state index in [0.717, 1.165) is 34.1 Å². The lowest BCUT2D eigenvalue weighted by molar-refractivity contribution is 0.436. The summed E-state index contributed by atoms with van der Waals surface area (Å²) in [7, 11) is 0. The van der Waals surface area contributed by atoms with E-state index < -0.39 is 5.41 Å². The van der Waals surface area contributed by atoms with Gasteiger partial charge in [0, 0.05) is 28.2 Å². The fraction of sp³-hybridized carbons (Fsp3) is 0.0164. The molecule has 2 aliphatic rings. The number of fused-ring (bicyclic) bond motifs is 15. The van der Waals surface area contributed by atoms with Crippen LogP contribution in [0, 0.1) is 0 Å². The Labute approximate surface area is 366 Å². The predicted octanol–water partition coefficient (Wildman–Crippen LogP) is 16.4. The third-order valence-corrected chi connectivity index (χ3v) is 13.5. The van der Waals surface area contributed by atoms with Crippen LogP contribution in [0.15, 0.2) is 237 Å². The summed E-state index contributed by atoms with van der Waals surface area (Å²) in [6.07, 6.45) is 0. The quantitative estimate of drug-likeness (QED) is 0.161. The minimum Gasteiger partial charge on any atom is -0.457 e. The molecule has 0 bridgehead atoms. The smallest absolute Gasteiger partial charge is 0.132 e. The Kier molecular flexibility index (Phi) is 7.85. The van der Waals surface area contributed by atoms with Crippen molar-refractivity contribution in [1.29, 1.82) is 0 Å². The van der Waals surface area contributed by atoms with Gasteiger partial charge in [0.05, 0.1) is 5.41 Å². The Hall–Kier alpha value is -8.20. The maximum atomic E-state index is 6.63. The Morgan fingerprint density at radius 2 is 0.746 bits per heavy atom. The summed E-state index contributed by atoms with van der Waals surface area (Å²) in [5.74, 6) is 1.80. The van der Waals surface area contributed by atoms with E-state index in [0.29, 0.717) is 0 Å². The summed E-state index contributed by atoms with van der Waals surface area (Å²) in [6.45, 7) is 0. The highest BCUT2D eigenvalue weighted by Crippen LogP contribution is 2.62. The van der Waals surface area contributed by atoms with Gasteiger partial charge in [0.15, 0.2) is 0 Å². The van der Waals surface area contributed by atoms with Crippen LogP contribution in [0.3, 0.4) is 0 Å². The molecule has 2 heteroatoms. The molecule has 0 N–H and O–H groups in total. The standard InChI is InChI=1S/C61H39NO/c1-2-15-40(16-3-1)41-29-32-44(33-30-41)62(46-34-36-51-49-21-5-4-19-47(49)48-20-6-7-22-50(48)54(51)39-46)45-18-14-17-42(37-45)43-31-35-53-52-23-8-9-24-55(52)61(58(53)38-43)56-25-10-12-27-59(56)63-60-28-13-11-26-57(60)61/h1-39H. The first-order chi connectivity index (χ1) is 31.2. The van der Waals surface area contributed by atoms with Crippen LogP contribution in [-0.4, -0.2) is 0 Å². The van der Waals surface area contributed by atoms with Gasteiger partial charge in [0.25, 0.3) is 0 Å². The van der Waals surface area contributed by atoms with Crippen LogP contribution in [0.5, 0.6) is 11.5 Å². The maximum Gasteiger partial charge on any atom is 0.132 e. The van der Waals surface area contributed by atoms with Crippen molar-refractivity contribution >= 4 is 49.4 Å². The summed E-state index contributed by atoms with van der Waals surface area (Å²) in [5.41, 5.74) is 14.9. The number of para-hydroxylation sites is 2. The van der Waals surface area contributed by atoms with E-state index in [1.807, 2.05) is 0 Å². The number of hydrogen-bond acceptors (Lipinski definition) is 2. The molecule has 1 heterocycles. The van der Waals surface area contributed by atoms with Gasteiger partial charge < -0.3 is 9.64 Å². The van der Waals surface area contributed by atoms with E-state index in [2.05, 4.69) is 241 Å². The van der Waals surface area contributed by atoms with E-state index in [9.17, 15) is 0 Å². The average Bonchev–Trinajstić information content (AvgIpc) is 3.64. The van der Waals surface area contributed by atoms with Crippen molar-refractivity contribution in [2.45, 2.75) is 5.41 Å². The van der Waals surface area contributed by atoms with Gasteiger partial charge >= 0.3 is 0 Å². The highest BCUT2D eigenvalue weighted by molar-refractivity contribution is 6.25. The number of benzene rings is 11. The van der Waals surface area contributed by atoms with Gasteiger partial charge in [-0.15, -0.1) is 0 Å². The summed E-state index contributed by atoms with van der Waals surface area (Å²) in [5, 5.41) is 7.57. The molecule has 11 aromatic rings. The van der Waals surface area contributed by atoms with Crippen LogP contribution in [-0.2, 0) is 5.41 Å². The first kappa shape index (κ1) is 35.5. The minimum atomic E-state index is -0.532. The van der Waals surface area contributed by atoms with E-state index >= 15 is 0 Å². The zero-order valence-corrected chi connectivity index (χ0v) is 34.4. The summed E-state index contributed by atoms with van der Waals surface area (Å²) >= 11 is 0. The van der Waals surface area contributed by atoms with Crippen molar-refractivity contribution in [3.05, 3.63) is 259 Å². The highest BCUT2D eigenvalue weighted by atomic mass is 16.5. The van der Waals surface area contributed by atoms with E-state index in [-0.39, 0.29) is 0 Å². The van der Waals surface area contributed by atoms with Crippen LogP contribution in [0.4, 0.5) is 17.1 Å². The van der Waals surface area contributed by atoms with Crippen LogP contribution in [0.25, 0.3) is 65.7 Å². The SMILES string of the molecule is c1ccc(-c2ccc(N(c3cccc(-c4ccc5c(c4)C4(c6ccccc6Oc6ccccc64)c4ccccc4-5)c3)c3ccc4c5ccccc5c5ccccc5c4c3)cc2)cc1. The molecule has 0 saturated carbocycles. The molecule has 0 saturated heterocycles. The topological polar surface area (TPSA) is 12.5 Å². The molecule has 1 aliphatic heterocycles. The van der Waals surface area contributed by atoms with Crippen molar-refractivity contribution in [3.8, 4) is 44.9 Å². The van der Waals surface area contributed by atoms with Gasteiger partial charge in [0.2, 0.25) is 0 Å². The normalized spacial score (nSPS) is 13.0. The summed E-state index contributed by atoms with van der Waals surface area (Å²) < 4.78 is 6.63. The van der Waals surface area contributed by atoms with Crippen LogP contribution in [0.1, 0.15) is 22.3 Å². The first-order valence-corrected chi connectivity index (χ1v) is 21.7. The molecule has 1 aliphatic carbocycles. The molecule has 0 atom stereocenters. The van der Waals surface area contributed by atoms with Gasteiger partial charge in [-0.25, -0.2) is 0 Å². The largest absolute Gasteiger partial charge is 0.457 e. The number of rotatable bonds is 5. The molecule has 13 rings (SSSR count). The summed E-state index contributed by atoms with van der Waals surface area (Å²) in [4.78, 5) is 2.41. The van der Waals surface area contributed by atoms with Gasteiger partial charge in [-0.1, -0.05) is 182 Å². The third-order valence-electron chi connectivity index (χ3n) is 13.5.